The number of aliphatic hydroxyl groups excluding tert-OH is 1. The van der Waals surface area contributed by atoms with E-state index in [0.29, 0.717) is 11.6 Å². The Balaban J connectivity index is 1.44. The van der Waals surface area contributed by atoms with Crippen molar-refractivity contribution in [1.29, 1.82) is 0 Å². The number of nitrogens with zero attached hydrogens (tertiary/aromatic N) is 4. The second-order valence-electron chi connectivity index (χ2n) is 10.2. The van der Waals surface area contributed by atoms with Gasteiger partial charge in [-0.2, -0.15) is 16.7 Å². The van der Waals surface area contributed by atoms with Gasteiger partial charge in [0.05, 0.1) is 6.10 Å². The summed E-state index contributed by atoms with van der Waals surface area (Å²) < 4.78 is 1.91. The lowest BCUT2D eigenvalue weighted by molar-refractivity contribution is 0.111. The van der Waals surface area contributed by atoms with Crippen LogP contribution in [0.25, 0.3) is 21.8 Å². The van der Waals surface area contributed by atoms with Crippen molar-refractivity contribution in [2.24, 2.45) is 5.92 Å². The van der Waals surface area contributed by atoms with Crippen LogP contribution in [-0.4, -0.2) is 61.8 Å². The third-order valence-corrected chi connectivity index (χ3v) is 8.55. The van der Waals surface area contributed by atoms with Crippen LogP contribution in [0.1, 0.15) is 50.1 Å². The molecule has 180 valence electrons. The SMILES string of the molecule is O=c1c2cc(CN3CCSCC3)ccc2c2cnc(NCC3CC3)nc2n1[C@H]1CC[C@H](O)CC1. The second-order valence-corrected chi connectivity index (χ2v) is 11.4. The van der Waals surface area contributed by atoms with Gasteiger partial charge in [0.1, 0.15) is 5.65 Å². The lowest BCUT2D eigenvalue weighted by Gasteiger charge is -2.28. The molecule has 1 saturated heterocycles. The zero-order valence-corrected chi connectivity index (χ0v) is 20.4. The maximum Gasteiger partial charge on any atom is 0.260 e. The largest absolute Gasteiger partial charge is 0.393 e. The van der Waals surface area contributed by atoms with Crippen molar-refractivity contribution in [2.45, 2.75) is 57.2 Å². The van der Waals surface area contributed by atoms with Crippen LogP contribution in [0.15, 0.2) is 29.2 Å². The fourth-order valence-electron chi connectivity index (χ4n) is 5.39. The predicted octanol–water partition coefficient (Wildman–Crippen LogP) is 3.79. The number of rotatable bonds is 6. The van der Waals surface area contributed by atoms with Crippen LogP contribution in [-0.2, 0) is 6.54 Å². The molecule has 8 heteroatoms. The van der Waals surface area contributed by atoms with Crippen LogP contribution >= 0.6 is 11.8 Å². The fraction of sp³-hybridized carbons (Fsp3) is 0.577. The summed E-state index contributed by atoms with van der Waals surface area (Å²) in [6.45, 7) is 3.96. The van der Waals surface area contributed by atoms with E-state index >= 15 is 0 Å². The summed E-state index contributed by atoms with van der Waals surface area (Å²) >= 11 is 2.01. The topological polar surface area (TPSA) is 83.3 Å². The quantitative estimate of drug-likeness (QED) is 0.521. The van der Waals surface area contributed by atoms with Crippen LogP contribution in [0.4, 0.5) is 5.95 Å². The molecule has 3 heterocycles. The zero-order valence-electron chi connectivity index (χ0n) is 19.6. The van der Waals surface area contributed by atoms with Gasteiger partial charge in [-0.25, -0.2) is 4.98 Å². The normalized spacial score (nSPS) is 24.0. The number of benzene rings is 1. The van der Waals surface area contributed by atoms with Gasteiger partial charge >= 0.3 is 0 Å². The number of aromatic nitrogens is 3. The van der Waals surface area contributed by atoms with Crippen molar-refractivity contribution in [3.63, 3.8) is 0 Å². The smallest absolute Gasteiger partial charge is 0.260 e. The molecule has 0 bridgehead atoms. The Morgan fingerprint density at radius 2 is 1.82 bits per heavy atom. The number of aliphatic hydroxyl groups is 1. The first-order valence-corrected chi connectivity index (χ1v) is 13.9. The Hall–Kier alpha value is -2.16. The molecule has 2 aromatic heterocycles. The molecular formula is C26H33N5O2S. The molecule has 0 unspecified atom stereocenters. The highest BCUT2D eigenvalue weighted by Crippen LogP contribution is 2.33. The number of nitrogens with one attached hydrogen (secondary N) is 1. The molecule has 2 saturated carbocycles. The van der Waals surface area contributed by atoms with E-state index in [4.69, 9.17) is 4.98 Å². The van der Waals surface area contributed by atoms with Crippen molar-refractivity contribution < 1.29 is 5.11 Å². The van der Waals surface area contributed by atoms with Gasteiger partial charge in [0, 0.05) is 60.7 Å². The van der Waals surface area contributed by atoms with E-state index in [-0.39, 0.29) is 17.7 Å². The van der Waals surface area contributed by atoms with Gasteiger partial charge in [-0.15, -0.1) is 0 Å². The van der Waals surface area contributed by atoms with Crippen LogP contribution in [0, 0.1) is 5.92 Å². The highest BCUT2D eigenvalue weighted by molar-refractivity contribution is 7.99. The van der Waals surface area contributed by atoms with E-state index in [1.807, 2.05) is 22.5 Å². The van der Waals surface area contributed by atoms with Gasteiger partial charge in [-0.05, 0) is 61.5 Å². The van der Waals surface area contributed by atoms with Gasteiger partial charge in [0.25, 0.3) is 5.56 Å². The summed E-state index contributed by atoms with van der Waals surface area (Å²) in [6.07, 6.45) is 7.18. The van der Waals surface area contributed by atoms with E-state index in [1.165, 1.54) is 29.9 Å². The predicted molar refractivity (Wildman–Crippen MR) is 139 cm³/mol. The maximum atomic E-state index is 14.0. The maximum absolute atomic E-state index is 14.0. The molecule has 1 aromatic carbocycles. The summed E-state index contributed by atoms with van der Waals surface area (Å²) in [4.78, 5) is 25.9. The van der Waals surface area contributed by atoms with Gasteiger partial charge < -0.3 is 10.4 Å². The summed E-state index contributed by atoms with van der Waals surface area (Å²) in [7, 11) is 0. The summed E-state index contributed by atoms with van der Waals surface area (Å²) in [5, 5.41) is 16.0. The van der Waals surface area contributed by atoms with Crippen LogP contribution in [0.3, 0.4) is 0 Å². The third-order valence-electron chi connectivity index (χ3n) is 7.61. The van der Waals surface area contributed by atoms with Crippen molar-refractivity contribution in [1.82, 2.24) is 19.4 Å². The van der Waals surface area contributed by atoms with Crippen LogP contribution in [0.5, 0.6) is 0 Å². The average Bonchev–Trinajstić information content (AvgIpc) is 3.69. The first-order valence-electron chi connectivity index (χ1n) is 12.7. The summed E-state index contributed by atoms with van der Waals surface area (Å²) in [5.41, 5.74) is 1.94. The van der Waals surface area contributed by atoms with Gasteiger partial charge in [-0.1, -0.05) is 12.1 Å². The number of fused-ring (bicyclic) bond motifs is 3. The number of thioether (sulfide) groups is 1. The molecule has 7 nitrogen and oxygen atoms in total. The molecular weight excluding hydrogens is 446 g/mol. The fourth-order valence-corrected chi connectivity index (χ4v) is 6.37. The Bertz CT molecular complexity index is 1240. The van der Waals surface area contributed by atoms with Crippen LogP contribution < -0.4 is 10.9 Å². The number of hydrogen-bond acceptors (Lipinski definition) is 7. The summed E-state index contributed by atoms with van der Waals surface area (Å²) in [5.74, 6) is 3.66. The molecule has 0 atom stereocenters. The van der Waals surface area contributed by atoms with Crippen molar-refractivity contribution in [3.05, 3.63) is 40.3 Å². The zero-order chi connectivity index (χ0) is 23.1. The van der Waals surface area contributed by atoms with Gasteiger partial charge in [0.15, 0.2) is 0 Å². The highest BCUT2D eigenvalue weighted by atomic mass is 32.2. The lowest BCUT2D eigenvalue weighted by Crippen LogP contribution is -2.32. The minimum atomic E-state index is -0.265. The van der Waals surface area contributed by atoms with Crippen molar-refractivity contribution >= 4 is 39.5 Å². The van der Waals surface area contributed by atoms with Gasteiger partial charge in [0.2, 0.25) is 5.95 Å². The Morgan fingerprint density at radius 3 is 2.59 bits per heavy atom. The van der Waals surface area contributed by atoms with E-state index in [0.717, 1.165) is 73.9 Å². The molecule has 3 aliphatic rings. The number of hydrogen-bond donors (Lipinski definition) is 2. The van der Waals surface area contributed by atoms with E-state index < -0.39 is 0 Å². The molecule has 6 rings (SSSR count). The summed E-state index contributed by atoms with van der Waals surface area (Å²) in [6, 6.07) is 6.38. The number of anilines is 1. The third kappa shape index (κ3) is 4.55. The number of pyridine rings is 1. The molecule has 3 aromatic rings. The molecule has 0 amide bonds. The molecule has 0 spiro atoms. The Kier molecular flexibility index (Phi) is 6.22. The highest BCUT2D eigenvalue weighted by Gasteiger charge is 2.26. The molecule has 1 aliphatic heterocycles. The first-order chi connectivity index (χ1) is 16.7. The lowest BCUT2D eigenvalue weighted by atomic mass is 9.92. The molecule has 3 fully saturated rings. The van der Waals surface area contributed by atoms with Gasteiger partial charge in [-0.3, -0.25) is 14.3 Å². The average molecular weight is 480 g/mol. The monoisotopic (exact) mass is 479 g/mol. The minimum Gasteiger partial charge on any atom is -0.393 e. The van der Waals surface area contributed by atoms with E-state index in [2.05, 4.69) is 33.4 Å². The molecule has 34 heavy (non-hydrogen) atoms. The minimum absolute atomic E-state index is 0.0341. The Labute approximate surface area is 204 Å². The second kappa shape index (κ2) is 9.47. The van der Waals surface area contributed by atoms with Crippen LogP contribution in [0.2, 0.25) is 0 Å². The van der Waals surface area contributed by atoms with Crippen molar-refractivity contribution in [2.75, 3.05) is 36.5 Å². The molecule has 2 N–H and O–H groups in total. The molecule has 2 aliphatic carbocycles. The first kappa shape index (κ1) is 22.3. The van der Waals surface area contributed by atoms with E-state index in [9.17, 15) is 9.90 Å². The standard InChI is InChI=1S/C26H33N5O2S/c32-20-6-4-19(5-7-20)31-24-23(15-28-26(29-24)27-14-17-1-2-17)21-8-3-18(13-22(21)25(31)33)16-30-9-11-34-12-10-30/h3,8,13,15,17,19-20,32H,1-2,4-7,9-12,14,16H2,(H,27,28,29)/t19-,20-. The van der Waals surface area contributed by atoms with Crippen molar-refractivity contribution in [3.8, 4) is 0 Å². The van der Waals surface area contributed by atoms with E-state index in [1.54, 1.807) is 0 Å². The molecule has 0 radical (unpaired) electrons. The Morgan fingerprint density at radius 1 is 1.03 bits per heavy atom.